The van der Waals surface area contributed by atoms with Crippen molar-refractivity contribution in [3.8, 4) is 0 Å². The van der Waals surface area contributed by atoms with Crippen molar-refractivity contribution in [1.29, 1.82) is 0 Å². The number of nitrogens with zero attached hydrogens (tertiary/aromatic N) is 3. The summed E-state index contributed by atoms with van der Waals surface area (Å²) in [5.41, 5.74) is 0.142. The lowest BCUT2D eigenvalue weighted by Crippen LogP contribution is -2.56. The molecule has 1 amide bonds. The largest absolute Gasteiger partial charge is 0.479 e. The van der Waals surface area contributed by atoms with Gasteiger partial charge in [0.2, 0.25) is 0 Å². The van der Waals surface area contributed by atoms with Crippen LogP contribution in [0.3, 0.4) is 0 Å². The minimum atomic E-state index is -1.08. The number of pyridine rings is 1. The molecule has 1 aliphatic rings. The smallest absolute Gasteiger partial charge is 0.329 e. The molecule has 6 nitrogen and oxygen atoms in total. The lowest BCUT2D eigenvalue weighted by molar-refractivity contribution is -0.151. The monoisotopic (exact) mass is 301 g/mol. The fourth-order valence-corrected chi connectivity index (χ4v) is 3.26. The van der Waals surface area contributed by atoms with Gasteiger partial charge in [-0.15, -0.1) is 0 Å². The maximum Gasteiger partial charge on any atom is 0.329 e. The molecular formula is C16H19N3O3. The number of carbonyl (C=O) groups excluding carboxylic acids is 1. The molecule has 1 aliphatic carbocycles. The average molecular weight is 301 g/mol. The predicted molar refractivity (Wildman–Crippen MR) is 80.7 cm³/mol. The SMILES string of the molecule is CN(C(=O)c1ccc2nccn2c1)C1(C(=O)O)CCCCC1. The van der Waals surface area contributed by atoms with Gasteiger partial charge in [0, 0.05) is 25.6 Å². The van der Waals surface area contributed by atoms with Crippen molar-refractivity contribution in [3.05, 3.63) is 36.3 Å². The lowest BCUT2D eigenvalue weighted by Gasteiger charge is -2.41. The lowest BCUT2D eigenvalue weighted by atomic mass is 9.80. The molecule has 0 spiro atoms. The minimum Gasteiger partial charge on any atom is -0.479 e. The summed E-state index contributed by atoms with van der Waals surface area (Å²) in [6.07, 6.45) is 8.84. The van der Waals surface area contributed by atoms with E-state index < -0.39 is 11.5 Å². The Bertz CT molecular complexity index is 716. The topological polar surface area (TPSA) is 74.9 Å². The molecule has 2 aromatic rings. The number of hydrogen-bond acceptors (Lipinski definition) is 3. The summed E-state index contributed by atoms with van der Waals surface area (Å²) >= 11 is 0. The average Bonchev–Trinajstić information content (AvgIpc) is 3.01. The van der Waals surface area contributed by atoms with Gasteiger partial charge in [-0.05, 0) is 25.0 Å². The van der Waals surface area contributed by atoms with Crippen LogP contribution in [0, 0.1) is 0 Å². The zero-order valence-electron chi connectivity index (χ0n) is 12.5. The minimum absolute atomic E-state index is 0.264. The maximum atomic E-state index is 12.7. The second kappa shape index (κ2) is 5.44. The predicted octanol–water partition coefficient (Wildman–Crippen LogP) is 2.19. The summed E-state index contributed by atoms with van der Waals surface area (Å²) in [5, 5.41) is 9.68. The number of likely N-dealkylation sites (N-methyl/N-ethyl adjacent to an activating group) is 1. The Morgan fingerprint density at radius 3 is 2.68 bits per heavy atom. The van der Waals surface area contributed by atoms with Crippen LogP contribution in [0.4, 0.5) is 0 Å². The van der Waals surface area contributed by atoms with E-state index in [0.29, 0.717) is 18.4 Å². The third kappa shape index (κ3) is 2.24. The molecule has 116 valence electrons. The fraction of sp³-hybridized carbons (Fsp3) is 0.438. The molecule has 1 fully saturated rings. The first kappa shape index (κ1) is 14.6. The van der Waals surface area contributed by atoms with Crippen molar-refractivity contribution in [3.63, 3.8) is 0 Å². The third-order valence-corrected chi connectivity index (χ3v) is 4.66. The molecule has 3 rings (SSSR count). The van der Waals surface area contributed by atoms with E-state index in [4.69, 9.17) is 0 Å². The van der Waals surface area contributed by atoms with Gasteiger partial charge in [0.05, 0.1) is 5.56 Å². The van der Waals surface area contributed by atoms with Crippen LogP contribution in [0.2, 0.25) is 0 Å². The second-order valence-electron chi connectivity index (χ2n) is 5.87. The van der Waals surface area contributed by atoms with Crippen LogP contribution < -0.4 is 0 Å². The molecule has 0 atom stereocenters. The number of hydrogen-bond donors (Lipinski definition) is 1. The first-order chi connectivity index (χ1) is 10.5. The van der Waals surface area contributed by atoms with E-state index in [1.807, 2.05) is 0 Å². The highest BCUT2D eigenvalue weighted by Crippen LogP contribution is 2.34. The zero-order valence-corrected chi connectivity index (χ0v) is 12.5. The highest BCUT2D eigenvalue weighted by atomic mass is 16.4. The van der Waals surface area contributed by atoms with Crippen LogP contribution >= 0.6 is 0 Å². The highest BCUT2D eigenvalue weighted by molar-refractivity contribution is 5.97. The number of carbonyl (C=O) groups is 2. The Morgan fingerprint density at radius 1 is 1.27 bits per heavy atom. The standard InChI is InChI=1S/C16H19N3O3/c1-18(16(15(21)22)7-3-2-4-8-16)14(20)12-5-6-13-17-9-10-19(13)11-12/h5-6,9-11H,2-4,7-8H2,1H3,(H,21,22). The first-order valence-corrected chi connectivity index (χ1v) is 7.49. The van der Waals surface area contributed by atoms with Crippen molar-refractivity contribution in [2.75, 3.05) is 7.05 Å². The normalized spacial score (nSPS) is 17.3. The van der Waals surface area contributed by atoms with Crippen molar-refractivity contribution < 1.29 is 14.7 Å². The maximum absolute atomic E-state index is 12.7. The van der Waals surface area contributed by atoms with Gasteiger partial charge < -0.3 is 14.4 Å². The van der Waals surface area contributed by atoms with E-state index in [2.05, 4.69) is 4.98 Å². The molecule has 6 heteroatoms. The molecule has 0 aromatic carbocycles. The Hall–Kier alpha value is -2.37. The molecule has 1 saturated carbocycles. The summed E-state index contributed by atoms with van der Waals surface area (Å²) < 4.78 is 1.76. The number of carboxylic acids is 1. The van der Waals surface area contributed by atoms with Gasteiger partial charge in [-0.2, -0.15) is 0 Å². The number of aromatic nitrogens is 2. The zero-order chi connectivity index (χ0) is 15.7. The molecule has 2 heterocycles. The van der Waals surface area contributed by atoms with Gasteiger partial charge >= 0.3 is 5.97 Å². The molecular weight excluding hydrogens is 282 g/mol. The van der Waals surface area contributed by atoms with Crippen LogP contribution in [0.15, 0.2) is 30.7 Å². The van der Waals surface area contributed by atoms with Gasteiger partial charge in [0.15, 0.2) is 0 Å². The molecule has 0 unspecified atom stereocenters. The summed E-state index contributed by atoms with van der Waals surface area (Å²) in [7, 11) is 1.60. The highest BCUT2D eigenvalue weighted by Gasteiger charge is 2.45. The first-order valence-electron chi connectivity index (χ1n) is 7.49. The quantitative estimate of drug-likeness (QED) is 0.943. The van der Waals surface area contributed by atoms with E-state index in [1.54, 1.807) is 42.2 Å². The summed E-state index contributed by atoms with van der Waals surface area (Å²) in [4.78, 5) is 30.1. The van der Waals surface area contributed by atoms with Crippen molar-refractivity contribution in [1.82, 2.24) is 14.3 Å². The number of rotatable bonds is 3. The number of imidazole rings is 1. The fourth-order valence-electron chi connectivity index (χ4n) is 3.26. The Morgan fingerprint density at radius 2 is 2.00 bits per heavy atom. The van der Waals surface area contributed by atoms with Crippen LogP contribution in [0.25, 0.3) is 5.65 Å². The summed E-state index contributed by atoms with van der Waals surface area (Å²) in [6, 6.07) is 3.45. The summed E-state index contributed by atoms with van der Waals surface area (Å²) in [6.45, 7) is 0. The number of amides is 1. The van der Waals surface area contributed by atoms with Gasteiger partial charge in [-0.1, -0.05) is 19.3 Å². The third-order valence-electron chi connectivity index (χ3n) is 4.66. The van der Waals surface area contributed by atoms with Crippen LogP contribution in [0.5, 0.6) is 0 Å². The van der Waals surface area contributed by atoms with E-state index in [-0.39, 0.29) is 5.91 Å². The molecule has 0 radical (unpaired) electrons. The van der Waals surface area contributed by atoms with Crippen molar-refractivity contribution in [2.24, 2.45) is 0 Å². The van der Waals surface area contributed by atoms with Crippen LogP contribution in [0.1, 0.15) is 42.5 Å². The van der Waals surface area contributed by atoms with Gasteiger partial charge in [0.25, 0.3) is 5.91 Å². The molecule has 22 heavy (non-hydrogen) atoms. The van der Waals surface area contributed by atoms with E-state index in [0.717, 1.165) is 24.9 Å². The Balaban J connectivity index is 1.93. The molecule has 0 aliphatic heterocycles. The van der Waals surface area contributed by atoms with Crippen LogP contribution in [-0.4, -0.2) is 43.9 Å². The molecule has 0 saturated heterocycles. The Labute approximate surface area is 128 Å². The summed E-state index contributed by atoms with van der Waals surface area (Å²) in [5.74, 6) is -1.17. The van der Waals surface area contributed by atoms with E-state index in [1.165, 1.54) is 4.90 Å². The number of aliphatic carboxylic acids is 1. The molecule has 2 aromatic heterocycles. The molecule has 0 bridgehead atoms. The van der Waals surface area contributed by atoms with Gasteiger partial charge in [0.1, 0.15) is 11.2 Å². The molecule has 1 N–H and O–H groups in total. The number of carboxylic acid groups (broad SMARTS) is 1. The van der Waals surface area contributed by atoms with Crippen molar-refractivity contribution in [2.45, 2.75) is 37.6 Å². The van der Waals surface area contributed by atoms with E-state index >= 15 is 0 Å². The second-order valence-corrected chi connectivity index (χ2v) is 5.87. The van der Waals surface area contributed by atoms with E-state index in [9.17, 15) is 14.7 Å². The van der Waals surface area contributed by atoms with Gasteiger partial charge in [-0.25, -0.2) is 9.78 Å². The Kier molecular flexibility index (Phi) is 3.60. The van der Waals surface area contributed by atoms with Gasteiger partial charge in [-0.3, -0.25) is 4.79 Å². The van der Waals surface area contributed by atoms with Crippen LogP contribution in [-0.2, 0) is 4.79 Å². The number of fused-ring (bicyclic) bond motifs is 1. The van der Waals surface area contributed by atoms with Crippen molar-refractivity contribution >= 4 is 17.5 Å².